The average molecular weight is 257 g/mol. The van der Waals surface area contributed by atoms with E-state index >= 15 is 0 Å². The van der Waals surface area contributed by atoms with Crippen LogP contribution in [0, 0.1) is 0 Å². The van der Waals surface area contributed by atoms with Crippen molar-refractivity contribution in [2.45, 2.75) is 19.4 Å². The number of para-hydroxylation sites is 1. The Morgan fingerprint density at radius 2 is 2.26 bits per heavy atom. The van der Waals surface area contributed by atoms with Gasteiger partial charge in [0.1, 0.15) is 0 Å². The van der Waals surface area contributed by atoms with Crippen LogP contribution in [-0.4, -0.2) is 48.6 Å². The molecule has 100 valence electrons. The molecule has 1 aromatic carbocycles. The van der Waals surface area contributed by atoms with Crippen LogP contribution in [0.15, 0.2) is 29.3 Å². The number of ketones is 1. The summed E-state index contributed by atoms with van der Waals surface area (Å²) in [6.45, 7) is 5.82. The van der Waals surface area contributed by atoms with Gasteiger partial charge in [-0.05, 0) is 18.6 Å². The van der Waals surface area contributed by atoms with Crippen molar-refractivity contribution < 1.29 is 4.79 Å². The SMILES string of the molecule is C[C@H]1CNCCN1CC1=Nc2ccccc2CC1=O. The molecule has 0 aromatic heterocycles. The number of aliphatic imine (C=N–C) groups is 1. The number of hydrogen-bond donors (Lipinski definition) is 1. The molecule has 0 saturated carbocycles. The Morgan fingerprint density at radius 3 is 3.11 bits per heavy atom. The van der Waals surface area contributed by atoms with Gasteiger partial charge in [0.05, 0.1) is 11.4 Å². The summed E-state index contributed by atoms with van der Waals surface area (Å²) in [6.07, 6.45) is 0.496. The first-order chi connectivity index (χ1) is 9.24. The van der Waals surface area contributed by atoms with Crippen LogP contribution in [0.3, 0.4) is 0 Å². The number of benzene rings is 1. The fourth-order valence-electron chi connectivity index (χ4n) is 2.69. The Hall–Kier alpha value is -1.52. The molecule has 2 heterocycles. The average Bonchev–Trinajstić information content (AvgIpc) is 2.42. The predicted octanol–water partition coefficient (Wildman–Crippen LogP) is 1.18. The van der Waals surface area contributed by atoms with Crippen LogP contribution in [0.2, 0.25) is 0 Å². The minimum absolute atomic E-state index is 0.171. The van der Waals surface area contributed by atoms with Gasteiger partial charge in [0.25, 0.3) is 0 Å². The second kappa shape index (κ2) is 5.23. The summed E-state index contributed by atoms with van der Waals surface area (Å²) in [5.74, 6) is 0.171. The molecule has 2 aliphatic rings. The van der Waals surface area contributed by atoms with Crippen molar-refractivity contribution in [3.8, 4) is 0 Å². The van der Waals surface area contributed by atoms with Gasteiger partial charge in [0, 0.05) is 38.6 Å². The zero-order chi connectivity index (χ0) is 13.2. The van der Waals surface area contributed by atoms with Crippen LogP contribution in [0.1, 0.15) is 12.5 Å². The molecular weight excluding hydrogens is 238 g/mol. The number of carbonyl (C=O) groups is 1. The third kappa shape index (κ3) is 2.60. The largest absolute Gasteiger partial charge is 0.314 e. The topological polar surface area (TPSA) is 44.7 Å². The van der Waals surface area contributed by atoms with Gasteiger partial charge >= 0.3 is 0 Å². The summed E-state index contributed by atoms with van der Waals surface area (Å²) in [5.41, 5.74) is 2.72. The number of nitrogens with zero attached hydrogens (tertiary/aromatic N) is 2. The molecule has 19 heavy (non-hydrogen) atoms. The lowest BCUT2D eigenvalue weighted by molar-refractivity contribution is -0.112. The van der Waals surface area contributed by atoms with Crippen LogP contribution in [0.5, 0.6) is 0 Å². The minimum Gasteiger partial charge on any atom is -0.314 e. The van der Waals surface area contributed by atoms with Gasteiger partial charge in [0.2, 0.25) is 0 Å². The van der Waals surface area contributed by atoms with Crippen molar-refractivity contribution >= 4 is 17.2 Å². The highest BCUT2D eigenvalue weighted by Gasteiger charge is 2.25. The number of hydrogen-bond acceptors (Lipinski definition) is 4. The van der Waals surface area contributed by atoms with E-state index in [1.54, 1.807) is 0 Å². The van der Waals surface area contributed by atoms with E-state index in [-0.39, 0.29) is 5.78 Å². The Balaban J connectivity index is 1.81. The van der Waals surface area contributed by atoms with Crippen molar-refractivity contribution in [2.24, 2.45) is 4.99 Å². The Kier molecular flexibility index (Phi) is 3.44. The van der Waals surface area contributed by atoms with Crippen LogP contribution < -0.4 is 5.32 Å². The minimum atomic E-state index is 0.171. The Labute approximate surface area is 113 Å². The van der Waals surface area contributed by atoms with Crippen LogP contribution >= 0.6 is 0 Å². The summed E-state index contributed by atoms with van der Waals surface area (Å²) < 4.78 is 0. The van der Waals surface area contributed by atoms with Gasteiger partial charge in [0.15, 0.2) is 5.78 Å². The van der Waals surface area contributed by atoms with Crippen molar-refractivity contribution in [2.75, 3.05) is 26.2 Å². The summed E-state index contributed by atoms with van der Waals surface area (Å²) in [4.78, 5) is 19.1. The molecule has 1 N–H and O–H groups in total. The fraction of sp³-hybridized carbons (Fsp3) is 0.467. The highest BCUT2D eigenvalue weighted by molar-refractivity contribution is 6.42. The van der Waals surface area contributed by atoms with E-state index in [1.165, 1.54) is 0 Å². The molecule has 2 aliphatic heterocycles. The first-order valence-corrected chi connectivity index (χ1v) is 6.87. The molecule has 0 amide bonds. The van der Waals surface area contributed by atoms with E-state index in [0.717, 1.165) is 30.9 Å². The first-order valence-electron chi connectivity index (χ1n) is 6.87. The van der Waals surface area contributed by atoms with Crippen LogP contribution in [0.25, 0.3) is 0 Å². The maximum atomic E-state index is 12.2. The van der Waals surface area contributed by atoms with Gasteiger partial charge in [-0.1, -0.05) is 18.2 Å². The third-order valence-electron chi connectivity index (χ3n) is 3.91. The maximum absolute atomic E-state index is 12.2. The smallest absolute Gasteiger partial charge is 0.182 e. The molecule has 1 atom stereocenters. The molecule has 0 aliphatic carbocycles. The van der Waals surface area contributed by atoms with Crippen molar-refractivity contribution in [1.29, 1.82) is 0 Å². The maximum Gasteiger partial charge on any atom is 0.182 e. The highest BCUT2D eigenvalue weighted by atomic mass is 16.1. The molecule has 0 radical (unpaired) electrons. The lowest BCUT2D eigenvalue weighted by atomic mass is 9.99. The lowest BCUT2D eigenvalue weighted by Gasteiger charge is -2.34. The standard InChI is InChI=1S/C15H19N3O/c1-11-9-16-6-7-18(11)10-14-15(19)8-12-4-2-3-5-13(12)17-14/h2-5,11,16H,6-10H2,1H3/t11-/m0/s1. The quantitative estimate of drug-likeness (QED) is 0.865. The lowest BCUT2D eigenvalue weighted by Crippen LogP contribution is -2.52. The van der Waals surface area contributed by atoms with Gasteiger partial charge in [-0.25, -0.2) is 4.99 Å². The molecule has 1 aromatic rings. The van der Waals surface area contributed by atoms with E-state index in [9.17, 15) is 4.79 Å². The number of rotatable bonds is 2. The van der Waals surface area contributed by atoms with Gasteiger partial charge in [-0.3, -0.25) is 9.69 Å². The summed E-state index contributed by atoms with van der Waals surface area (Å²) in [7, 11) is 0. The predicted molar refractivity (Wildman–Crippen MR) is 76.2 cm³/mol. The number of carbonyl (C=O) groups excluding carboxylic acids is 1. The number of piperazine rings is 1. The molecule has 4 heteroatoms. The summed E-state index contributed by atoms with van der Waals surface area (Å²) in [5, 5.41) is 3.36. The monoisotopic (exact) mass is 257 g/mol. The zero-order valence-corrected chi connectivity index (χ0v) is 11.2. The molecular formula is C15H19N3O. The molecule has 0 bridgehead atoms. The normalized spacial score (nSPS) is 23.9. The van der Waals surface area contributed by atoms with Gasteiger partial charge < -0.3 is 5.32 Å². The van der Waals surface area contributed by atoms with Crippen LogP contribution in [-0.2, 0) is 11.2 Å². The molecule has 1 fully saturated rings. The van der Waals surface area contributed by atoms with E-state index in [1.807, 2.05) is 24.3 Å². The van der Waals surface area contributed by atoms with Gasteiger partial charge in [-0.15, -0.1) is 0 Å². The summed E-state index contributed by atoms with van der Waals surface area (Å²) in [6, 6.07) is 8.37. The van der Waals surface area contributed by atoms with Crippen LogP contribution in [0.4, 0.5) is 5.69 Å². The first kappa shape index (κ1) is 12.5. The van der Waals surface area contributed by atoms with Crippen molar-refractivity contribution in [3.63, 3.8) is 0 Å². The molecule has 1 saturated heterocycles. The third-order valence-corrected chi connectivity index (χ3v) is 3.91. The van der Waals surface area contributed by atoms with E-state index in [0.29, 0.717) is 24.7 Å². The van der Waals surface area contributed by atoms with E-state index in [2.05, 4.69) is 22.1 Å². The number of fused-ring (bicyclic) bond motifs is 1. The van der Waals surface area contributed by atoms with Gasteiger partial charge in [-0.2, -0.15) is 0 Å². The molecule has 4 nitrogen and oxygen atoms in total. The molecule has 0 unspecified atom stereocenters. The van der Waals surface area contributed by atoms with E-state index < -0.39 is 0 Å². The molecule has 0 spiro atoms. The number of Topliss-reactive ketones (excluding diaryl/α,β-unsaturated/α-hetero) is 1. The zero-order valence-electron chi connectivity index (χ0n) is 11.2. The Bertz CT molecular complexity index is 524. The fourth-order valence-corrected chi connectivity index (χ4v) is 2.69. The van der Waals surface area contributed by atoms with Crippen molar-refractivity contribution in [1.82, 2.24) is 10.2 Å². The highest BCUT2D eigenvalue weighted by Crippen LogP contribution is 2.24. The second-order valence-electron chi connectivity index (χ2n) is 5.31. The van der Waals surface area contributed by atoms with Crippen molar-refractivity contribution in [3.05, 3.63) is 29.8 Å². The Morgan fingerprint density at radius 1 is 1.42 bits per heavy atom. The summed E-state index contributed by atoms with van der Waals surface area (Å²) >= 11 is 0. The molecule has 3 rings (SSSR count). The van der Waals surface area contributed by atoms with E-state index in [4.69, 9.17) is 0 Å². The number of nitrogens with one attached hydrogen (secondary N) is 1. The second-order valence-corrected chi connectivity index (χ2v) is 5.31.